The molecule has 0 heterocycles. The van der Waals surface area contributed by atoms with E-state index in [0.717, 1.165) is 33.8 Å². The monoisotopic (exact) mass is 196 g/mol. The molecule has 0 bridgehead atoms. The van der Waals surface area contributed by atoms with Gasteiger partial charge in [-0.2, -0.15) is 11.8 Å². The summed E-state index contributed by atoms with van der Waals surface area (Å²) in [6.07, 6.45) is 5.36. The molecule has 0 radical (unpaired) electrons. The predicted molar refractivity (Wildman–Crippen MR) is 58.9 cm³/mol. The molecule has 3 aliphatic rings. The largest absolute Gasteiger partial charge is 0.161 e. The van der Waals surface area contributed by atoms with E-state index in [4.69, 9.17) is 0 Å². The van der Waals surface area contributed by atoms with Crippen LogP contribution in [-0.4, -0.2) is 11.5 Å². The first kappa shape index (κ1) is 8.64. The third-order valence-corrected chi connectivity index (χ3v) is 7.31. The van der Waals surface area contributed by atoms with Crippen LogP contribution in [-0.2, 0) is 0 Å². The fourth-order valence-electron chi connectivity index (χ4n) is 4.99. The SMILES string of the molecule is CSC1C(C)C2CC3(C)CC1C23C. The molecule has 0 aromatic heterocycles. The Morgan fingerprint density at radius 3 is 2.23 bits per heavy atom. The molecule has 6 atom stereocenters. The minimum absolute atomic E-state index is 0.750. The van der Waals surface area contributed by atoms with E-state index in [1.165, 1.54) is 12.8 Å². The van der Waals surface area contributed by atoms with Gasteiger partial charge in [0.05, 0.1) is 0 Å². The molecule has 0 N–H and O–H groups in total. The van der Waals surface area contributed by atoms with Crippen LogP contribution >= 0.6 is 11.8 Å². The minimum Gasteiger partial charge on any atom is -0.161 e. The van der Waals surface area contributed by atoms with Crippen LogP contribution in [0.15, 0.2) is 0 Å². The topological polar surface area (TPSA) is 0 Å². The second-order valence-electron chi connectivity index (χ2n) is 6.02. The molecule has 0 saturated heterocycles. The Bertz CT molecular complexity index is 260. The van der Waals surface area contributed by atoms with E-state index in [1.54, 1.807) is 0 Å². The van der Waals surface area contributed by atoms with Crippen LogP contribution in [0.1, 0.15) is 33.6 Å². The van der Waals surface area contributed by atoms with Gasteiger partial charge in [-0.3, -0.25) is 0 Å². The van der Waals surface area contributed by atoms with Crippen molar-refractivity contribution in [1.29, 1.82) is 0 Å². The zero-order chi connectivity index (χ0) is 9.43. The van der Waals surface area contributed by atoms with E-state index >= 15 is 0 Å². The van der Waals surface area contributed by atoms with Crippen molar-refractivity contribution in [3.8, 4) is 0 Å². The lowest BCUT2D eigenvalue weighted by molar-refractivity contribution is -0.227. The molecule has 13 heavy (non-hydrogen) atoms. The summed E-state index contributed by atoms with van der Waals surface area (Å²) in [5, 5.41) is 0.977. The highest BCUT2D eigenvalue weighted by atomic mass is 32.2. The summed E-state index contributed by atoms with van der Waals surface area (Å²) in [5.74, 6) is 3.11. The van der Waals surface area contributed by atoms with E-state index in [2.05, 4.69) is 38.8 Å². The molecule has 1 heteroatoms. The Morgan fingerprint density at radius 1 is 1.15 bits per heavy atom. The van der Waals surface area contributed by atoms with Crippen LogP contribution in [0.2, 0.25) is 0 Å². The van der Waals surface area contributed by atoms with Gasteiger partial charge in [-0.25, -0.2) is 0 Å². The zero-order valence-corrected chi connectivity index (χ0v) is 9.95. The first-order valence-corrected chi connectivity index (χ1v) is 6.86. The standard InChI is InChI=1S/C12H20S/c1-7-8-5-11(2)6-9(10(7)13-4)12(8,11)3/h7-10H,5-6H2,1-4H3. The Kier molecular flexibility index (Phi) is 1.41. The van der Waals surface area contributed by atoms with Gasteiger partial charge in [0, 0.05) is 5.25 Å². The molecule has 0 spiro atoms. The van der Waals surface area contributed by atoms with E-state index in [-0.39, 0.29) is 0 Å². The smallest absolute Gasteiger partial charge is 0.0107 e. The molecule has 0 amide bonds. The summed E-state index contributed by atoms with van der Waals surface area (Å²) in [4.78, 5) is 0. The van der Waals surface area contributed by atoms with Crippen LogP contribution in [0.25, 0.3) is 0 Å². The first-order valence-electron chi connectivity index (χ1n) is 5.57. The highest BCUT2D eigenvalue weighted by Crippen LogP contribution is 2.83. The number of rotatable bonds is 1. The maximum atomic E-state index is 2.57. The van der Waals surface area contributed by atoms with Crippen LogP contribution in [0, 0.1) is 28.6 Å². The molecular formula is C12H20S. The van der Waals surface area contributed by atoms with Crippen LogP contribution in [0.5, 0.6) is 0 Å². The summed E-state index contributed by atoms with van der Waals surface area (Å²) >= 11 is 2.13. The van der Waals surface area contributed by atoms with Gasteiger partial charge in [-0.05, 0) is 47.7 Å². The quantitative estimate of drug-likeness (QED) is 0.619. The van der Waals surface area contributed by atoms with Gasteiger partial charge in [-0.1, -0.05) is 20.8 Å². The second kappa shape index (κ2) is 2.13. The lowest BCUT2D eigenvalue weighted by Crippen LogP contribution is -2.65. The molecule has 3 aliphatic carbocycles. The van der Waals surface area contributed by atoms with Crippen molar-refractivity contribution >= 4 is 11.8 Å². The lowest BCUT2D eigenvalue weighted by atomic mass is 9.33. The Labute approximate surface area is 85.9 Å². The van der Waals surface area contributed by atoms with Crippen molar-refractivity contribution in [2.45, 2.75) is 38.9 Å². The molecule has 3 fully saturated rings. The van der Waals surface area contributed by atoms with Crippen molar-refractivity contribution < 1.29 is 0 Å². The molecule has 3 rings (SSSR count). The van der Waals surface area contributed by atoms with Gasteiger partial charge < -0.3 is 0 Å². The summed E-state index contributed by atoms with van der Waals surface area (Å²) in [5.41, 5.74) is 1.50. The number of thioether (sulfide) groups is 1. The fraction of sp³-hybridized carbons (Fsp3) is 1.00. The lowest BCUT2D eigenvalue weighted by Gasteiger charge is -2.71. The van der Waals surface area contributed by atoms with Crippen LogP contribution < -0.4 is 0 Å². The second-order valence-corrected chi connectivity index (χ2v) is 7.04. The van der Waals surface area contributed by atoms with E-state index < -0.39 is 0 Å². The maximum Gasteiger partial charge on any atom is 0.0107 e. The van der Waals surface area contributed by atoms with Crippen LogP contribution in [0.3, 0.4) is 0 Å². The first-order chi connectivity index (χ1) is 6.04. The molecule has 6 unspecified atom stereocenters. The van der Waals surface area contributed by atoms with Crippen molar-refractivity contribution in [2.24, 2.45) is 28.6 Å². The minimum atomic E-state index is 0.750. The average molecular weight is 196 g/mol. The van der Waals surface area contributed by atoms with Gasteiger partial charge in [0.2, 0.25) is 0 Å². The van der Waals surface area contributed by atoms with Gasteiger partial charge >= 0.3 is 0 Å². The van der Waals surface area contributed by atoms with Crippen LogP contribution in [0.4, 0.5) is 0 Å². The molecule has 0 aliphatic heterocycles. The summed E-state index contributed by atoms with van der Waals surface area (Å²) in [7, 11) is 0. The van der Waals surface area contributed by atoms with Crippen molar-refractivity contribution in [3.05, 3.63) is 0 Å². The van der Waals surface area contributed by atoms with Crippen molar-refractivity contribution in [3.63, 3.8) is 0 Å². The predicted octanol–water partition coefficient (Wildman–Crippen LogP) is 3.42. The molecule has 0 aromatic carbocycles. The summed E-state index contributed by atoms with van der Waals surface area (Å²) < 4.78 is 0. The summed E-state index contributed by atoms with van der Waals surface area (Å²) in [6.45, 7) is 7.59. The van der Waals surface area contributed by atoms with Gasteiger partial charge in [0.1, 0.15) is 0 Å². The summed E-state index contributed by atoms with van der Waals surface area (Å²) in [6, 6.07) is 0. The van der Waals surface area contributed by atoms with Crippen molar-refractivity contribution in [2.75, 3.05) is 6.26 Å². The third-order valence-electron chi connectivity index (χ3n) is 6.00. The average Bonchev–Trinajstić information content (AvgIpc) is 2.24. The number of hydrogen-bond acceptors (Lipinski definition) is 1. The highest BCUT2D eigenvalue weighted by Gasteiger charge is 2.77. The maximum absolute atomic E-state index is 2.57. The van der Waals surface area contributed by atoms with E-state index in [0.29, 0.717) is 0 Å². The van der Waals surface area contributed by atoms with E-state index in [9.17, 15) is 0 Å². The molecule has 0 aromatic rings. The molecule has 3 saturated carbocycles. The number of hydrogen-bond donors (Lipinski definition) is 0. The highest BCUT2D eigenvalue weighted by molar-refractivity contribution is 7.99. The van der Waals surface area contributed by atoms with Crippen molar-refractivity contribution in [1.82, 2.24) is 0 Å². The fourth-order valence-corrected chi connectivity index (χ4v) is 6.32. The Hall–Kier alpha value is 0.350. The van der Waals surface area contributed by atoms with Gasteiger partial charge in [0.15, 0.2) is 0 Å². The normalized spacial score (nSPS) is 68.3. The van der Waals surface area contributed by atoms with Gasteiger partial charge in [0.25, 0.3) is 0 Å². The molecule has 0 nitrogen and oxygen atoms in total. The Morgan fingerprint density at radius 2 is 1.77 bits per heavy atom. The third kappa shape index (κ3) is 0.643. The van der Waals surface area contributed by atoms with Gasteiger partial charge in [-0.15, -0.1) is 0 Å². The zero-order valence-electron chi connectivity index (χ0n) is 9.13. The Balaban J connectivity index is 1.97. The van der Waals surface area contributed by atoms with E-state index in [1.807, 2.05) is 0 Å². The molecular weight excluding hydrogens is 176 g/mol. The molecule has 74 valence electrons.